The predicted molar refractivity (Wildman–Crippen MR) is 129 cm³/mol. The summed E-state index contributed by atoms with van der Waals surface area (Å²) in [5.74, 6) is -0.0792. The lowest BCUT2D eigenvalue weighted by Gasteiger charge is -2.35. The van der Waals surface area contributed by atoms with Crippen molar-refractivity contribution in [1.29, 1.82) is 0 Å². The number of carbonyl (C=O) groups excluding carboxylic acids is 2. The van der Waals surface area contributed by atoms with Crippen molar-refractivity contribution in [3.8, 4) is 0 Å². The van der Waals surface area contributed by atoms with Gasteiger partial charge in [-0.05, 0) is 30.5 Å². The summed E-state index contributed by atoms with van der Waals surface area (Å²) < 4.78 is 5.83. The lowest BCUT2D eigenvalue weighted by molar-refractivity contribution is -0.121. The van der Waals surface area contributed by atoms with Gasteiger partial charge in [0, 0.05) is 52.7 Å². The monoisotopic (exact) mass is 452 g/mol. The molecule has 0 spiro atoms. The van der Waals surface area contributed by atoms with Gasteiger partial charge in [-0.2, -0.15) is 0 Å². The van der Waals surface area contributed by atoms with E-state index < -0.39 is 0 Å². The van der Waals surface area contributed by atoms with Crippen LogP contribution >= 0.6 is 0 Å². The van der Waals surface area contributed by atoms with Crippen LogP contribution in [-0.2, 0) is 29.2 Å². The third-order valence-corrected chi connectivity index (χ3v) is 5.72. The second-order valence-corrected chi connectivity index (χ2v) is 8.82. The first-order valence-corrected chi connectivity index (χ1v) is 11.6. The number of amides is 3. The van der Waals surface area contributed by atoms with Crippen molar-refractivity contribution < 1.29 is 14.3 Å². The van der Waals surface area contributed by atoms with E-state index in [9.17, 15) is 9.59 Å². The first-order valence-electron chi connectivity index (χ1n) is 11.6. The first kappa shape index (κ1) is 24.7. The minimum atomic E-state index is -0.189. The maximum absolute atomic E-state index is 12.3. The van der Waals surface area contributed by atoms with E-state index in [4.69, 9.17) is 4.74 Å². The molecule has 1 saturated heterocycles. The van der Waals surface area contributed by atoms with Crippen molar-refractivity contribution in [2.24, 2.45) is 0 Å². The number of ether oxygens (including phenoxy) is 1. The highest BCUT2D eigenvalue weighted by Gasteiger charge is 2.22. The number of hydrogen-bond donors (Lipinski definition) is 2. The van der Waals surface area contributed by atoms with E-state index in [1.807, 2.05) is 42.5 Å². The minimum Gasteiger partial charge on any atom is -0.373 e. The molecule has 178 valence electrons. The van der Waals surface area contributed by atoms with Gasteiger partial charge in [-0.1, -0.05) is 54.6 Å². The Morgan fingerprint density at radius 1 is 0.970 bits per heavy atom. The molecule has 1 fully saturated rings. The molecule has 0 aromatic heterocycles. The van der Waals surface area contributed by atoms with Crippen molar-refractivity contribution in [1.82, 2.24) is 20.4 Å². The zero-order valence-corrected chi connectivity index (χ0v) is 19.9. The maximum atomic E-state index is 12.3. The Balaban J connectivity index is 1.40. The molecule has 2 aromatic rings. The molecule has 7 heteroatoms. The molecule has 7 nitrogen and oxygen atoms in total. The van der Waals surface area contributed by atoms with E-state index in [-0.39, 0.29) is 30.6 Å². The van der Waals surface area contributed by atoms with Crippen molar-refractivity contribution >= 4 is 11.9 Å². The van der Waals surface area contributed by atoms with Crippen LogP contribution in [0.5, 0.6) is 0 Å². The molecule has 2 unspecified atom stereocenters. The molecule has 0 saturated carbocycles. The highest BCUT2D eigenvalue weighted by Crippen LogP contribution is 2.17. The number of benzene rings is 2. The SMILES string of the molecule is CC1CN(Cc2ccccc2CNC(=O)CCNC(=O)N(C)Cc2ccccc2)CC(C)O1. The van der Waals surface area contributed by atoms with E-state index in [1.54, 1.807) is 11.9 Å². The quantitative estimate of drug-likeness (QED) is 0.613. The number of nitrogens with one attached hydrogen (secondary N) is 2. The first-order chi connectivity index (χ1) is 15.9. The Hall–Kier alpha value is -2.90. The topological polar surface area (TPSA) is 73.9 Å². The van der Waals surface area contributed by atoms with Crippen LogP contribution in [0, 0.1) is 0 Å². The fourth-order valence-electron chi connectivity index (χ4n) is 4.17. The van der Waals surface area contributed by atoms with E-state index in [0.717, 1.165) is 30.8 Å². The van der Waals surface area contributed by atoms with Crippen LogP contribution in [0.25, 0.3) is 0 Å². The van der Waals surface area contributed by atoms with Gasteiger partial charge in [-0.3, -0.25) is 9.69 Å². The third-order valence-electron chi connectivity index (χ3n) is 5.72. The standard InChI is InChI=1S/C26H36N4O3/c1-20-16-30(17-21(2)33-20)19-24-12-8-7-11-23(24)15-28-25(31)13-14-27-26(32)29(3)18-22-9-5-4-6-10-22/h4-12,20-21H,13-19H2,1-3H3,(H,27,32)(H,28,31). The Labute approximate surface area is 197 Å². The van der Waals surface area contributed by atoms with Gasteiger partial charge in [-0.25, -0.2) is 4.79 Å². The van der Waals surface area contributed by atoms with Gasteiger partial charge in [-0.15, -0.1) is 0 Å². The Morgan fingerprint density at radius 2 is 1.61 bits per heavy atom. The Morgan fingerprint density at radius 3 is 2.30 bits per heavy atom. The van der Waals surface area contributed by atoms with Gasteiger partial charge in [0.05, 0.1) is 12.2 Å². The molecule has 2 aromatic carbocycles. The van der Waals surface area contributed by atoms with Crippen LogP contribution in [0.15, 0.2) is 54.6 Å². The zero-order valence-electron chi connectivity index (χ0n) is 19.9. The second kappa shape index (κ2) is 12.4. The van der Waals surface area contributed by atoms with Gasteiger partial charge in [0.1, 0.15) is 0 Å². The predicted octanol–water partition coefficient (Wildman–Crippen LogP) is 3.14. The molecule has 0 aliphatic carbocycles. The Kier molecular flexibility index (Phi) is 9.27. The molecule has 3 amide bonds. The fourth-order valence-corrected chi connectivity index (χ4v) is 4.17. The van der Waals surface area contributed by atoms with Crippen molar-refractivity contribution in [2.75, 3.05) is 26.7 Å². The van der Waals surface area contributed by atoms with Crippen LogP contribution in [0.2, 0.25) is 0 Å². The average Bonchev–Trinajstić information content (AvgIpc) is 2.78. The van der Waals surface area contributed by atoms with Crippen molar-refractivity contribution in [3.05, 3.63) is 71.3 Å². The summed E-state index contributed by atoms with van der Waals surface area (Å²) in [4.78, 5) is 28.6. The minimum absolute atomic E-state index is 0.0792. The van der Waals surface area contributed by atoms with E-state index in [1.165, 1.54) is 5.56 Å². The van der Waals surface area contributed by atoms with Crippen molar-refractivity contribution in [3.63, 3.8) is 0 Å². The Bertz CT molecular complexity index is 895. The van der Waals surface area contributed by atoms with Crippen LogP contribution in [0.3, 0.4) is 0 Å². The van der Waals surface area contributed by atoms with Gasteiger partial charge in [0.2, 0.25) is 5.91 Å². The highest BCUT2D eigenvalue weighted by molar-refractivity contribution is 5.78. The summed E-state index contributed by atoms with van der Waals surface area (Å²) in [6.07, 6.45) is 0.691. The summed E-state index contributed by atoms with van der Waals surface area (Å²) in [6.45, 7) is 8.17. The van der Waals surface area contributed by atoms with E-state index in [2.05, 4.69) is 41.5 Å². The number of nitrogens with zero attached hydrogens (tertiary/aromatic N) is 2. The largest absolute Gasteiger partial charge is 0.373 e. The van der Waals surface area contributed by atoms with Gasteiger partial charge < -0.3 is 20.3 Å². The van der Waals surface area contributed by atoms with Crippen LogP contribution in [-0.4, -0.2) is 60.6 Å². The summed E-state index contributed by atoms with van der Waals surface area (Å²) in [7, 11) is 1.75. The molecule has 1 aliphatic heterocycles. The normalized spacial score (nSPS) is 18.5. The van der Waals surface area contributed by atoms with Crippen LogP contribution < -0.4 is 10.6 Å². The number of hydrogen-bond acceptors (Lipinski definition) is 4. The summed E-state index contributed by atoms with van der Waals surface area (Å²) in [5, 5.41) is 5.80. The molecule has 2 N–H and O–H groups in total. The molecular weight excluding hydrogens is 416 g/mol. The fraction of sp³-hybridized carbons (Fsp3) is 0.462. The zero-order chi connectivity index (χ0) is 23.6. The molecule has 1 aliphatic rings. The number of carbonyl (C=O) groups is 2. The van der Waals surface area contributed by atoms with Crippen molar-refractivity contribution in [2.45, 2.75) is 52.1 Å². The maximum Gasteiger partial charge on any atom is 0.317 e. The number of rotatable bonds is 9. The molecule has 0 radical (unpaired) electrons. The highest BCUT2D eigenvalue weighted by atomic mass is 16.5. The van der Waals surface area contributed by atoms with Crippen LogP contribution in [0.1, 0.15) is 37.0 Å². The lowest BCUT2D eigenvalue weighted by Crippen LogP contribution is -2.45. The third kappa shape index (κ3) is 8.18. The second-order valence-electron chi connectivity index (χ2n) is 8.82. The molecule has 3 rings (SSSR count). The van der Waals surface area contributed by atoms with E-state index in [0.29, 0.717) is 19.6 Å². The van der Waals surface area contributed by atoms with Gasteiger partial charge in [0.15, 0.2) is 0 Å². The van der Waals surface area contributed by atoms with Gasteiger partial charge in [0.25, 0.3) is 0 Å². The summed E-state index contributed by atoms with van der Waals surface area (Å²) in [6, 6.07) is 17.8. The molecule has 1 heterocycles. The lowest BCUT2D eigenvalue weighted by atomic mass is 10.1. The number of urea groups is 1. The molecule has 0 bridgehead atoms. The summed E-state index contributed by atoms with van der Waals surface area (Å²) >= 11 is 0. The summed E-state index contributed by atoms with van der Waals surface area (Å²) in [5.41, 5.74) is 3.40. The smallest absolute Gasteiger partial charge is 0.317 e. The molecular formula is C26H36N4O3. The van der Waals surface area contributed by atoms with Gasteiger partial charge >= 0.3 is 6.03 Å². The van der Waals surface area contributed by atoms with Crippen LogP contribution in [0.4, 0.5) is 4.79 Å². The molecule has 2 atom stereocenters. The number of morpholine rings is 1. The van der Waals surface area contributed by atoms with E-state index >= 15 is 0 Å². The average molecular weight is 453 g/mol. The molecule has 33 heavy (non-hydrogen) atoms.